The van der Waals surface area contributed by atoms with Gasteiger partial charge in [0.1, 0.15) is 23.7 Å². The van der Waals surface area contributed by atoms with Gasteiger partial charge < -0.3 is 20.6 Å². The number of fused-ring (bicyclic) bond motifs is 1. The fourth-order valence-electron chi connectivity index (χ4n) is 3.52. The predicted molar refractivity (Wildman–Crippen MR) is 106 cm³/mol. The number of amidine groups is 1. The van der Waals surface area contributed by atoms with Crippen LogP contribution in [0.25, 0.3) is 0 Å². The molecule has 152 valence electrons. The monoisotopic (exact) mass is 419 g/mol. The van der Waals surface area contributed by atoms with Crippen molar-refractivity contribution in [2.24, 2.45) is 16.6 Å². The van der Waals surface area contributed by atoms with Gasteiger partial charge >= 0.3 is 6.02 Å². The largest absolute Gasteiger partial charge is 0.495 e. The number of aromatic nitrogens is 1. The first-order valence-corrected chi connectivity index (χ1v) is 9.29. The Labute approximate surface area is 171 Å². The van der Waals surface area contributed by atoms with Crippen molar-refractivity contribution in [1.29, 1.82) is 0 Å². The highest BCUT2D eigenvalue weighted by molar-refractivity contribution is 6.31. The van der Waals surface area contributed by atoms with E-state index >= 15 is 0 Å². The standard InChI is InChI=1S/C19H19ClFN5O3/c1-28-11-3-5-15(23-8-11)17(27)24-10-2-4-14(20)12(6-10)19(9-21)13-7-16(13)26-29-18(22)25-19/h2-6,8,13,16,26H,7,9H2,1H3,(H2,22,25)(H,24,27)/t13-,16+,19+/m0/s1. The Balaban J connectivity index is 1.65. The quantitative estimate of drug-likeness (QED) is 0.686. The molecule has 8 nitrogen and oxygen atoms in total. The first-order chi connectivity index (χ1) is 14.0. The van der Waals surface area contributed by atoms with Crippen molar-refractivity contribution in [3.8, 4) is 5.75 Å². The van der Waals surface area contributed by atoms with Crippen LogP contribution >= 0.6 is 11.6 Å². The van der Waals surface area contributed by atoms with Crippen LogP contribution in [0.15, 0.2) is 41.5 Å². The van der Waals surface area contributed by atoms with Crippen LogP contribution in [0.3, 0.4) is 0 Å². The highest BCUT2D eigenvalue weighted by Crippen LogP contribution is 2.52. The number of rotatable bonds is 5. The summed E-state index contributed by atoms with van der Waals surface area (Å²) in [4.78, 5) is 26.0. The molecular formula is C19H19ClFN5O3. The molecule has 3 atom stereocenters. The third-order valence-electron chi connectivity index (χ3n) is 5.13. The summed E-state index contributed by atoms with van der Waals surface area (Å²) in [6, 6.07) is 7.77. The molecule has 1 aliphatic heterocycles. The van der Waals surface area contributed by atoms with E-state index < -0.39 is 18.1 Å². The number of amides is 1. The Bertz CT molecular complexity index is 971. The zero-order valence-electron chi connectivity index (χ0n) is 15.5. The highest BCUT2D eigenvalue weighted by atomic mass is 35.5. The molecule has 2 aromatic rings. The number of nitrogens with zero attached hydrogens (tertiary/aromatic N) is 2. The van der Waals surface area contributed by atoms with E-state index in [-0.39, 0.29) is 23.7 Å². The maximum atomic E-state index is 14.3. The summed E-state index contributed by atoms with van der Waals surface area (Å²) < 4.78 is 19.4. The number of carbonyl (C=O) groups is 1. The summed E-state index contributed by atoms with van der Waals surface area (Å²) in [6.45, 7) is -0.808. The lowest BCUT2D eigenvalue weighted by Crippen LogP contribution is -2.33. The third kappa shape index (κ3) is 3.58. The summed E-state index contributed by atoms with van der Waals surface area (Å²) in [5.41, 5.74) is 8.31. The van der Waals surface area contributed by atoms with Gasteiger partial charge in [0.05, 0.1) is 13.3 Å². The molecule has 4 N–H and O–H groups in total. The zero-order valence-corrected chi connectivity index (χ0v) is 16.2. The van der Waals surface area contributed by atoms with Crippen LogP contribution in [0.5, 0.6) is 5.75 Å². The van der Waals surface area contributed by atoms with Crippen molar-refractivity contribution < 1.29 is 18.8 Å². The molecule has 1 amide bonds. The van der Waals surface area contributed by atoms with Gasteiger partial charge in [0.25, 0.3) is 5.91 Å². The minimum absolute atomic E-state index is 0.0756. The topological polar surface area (TPSA) is 111 Å². The Morgan fingerprint density at radius 1 is 1.48 bits per heavy atom. The van der Waals surface area contributed by atoms with Crippen molar-refractivity contribution in [1.82, 2.24) is 10.5 Å². The van der Waals surface area contributed by atoms with Crippen LogP contribution in [0.4, 0.5) is 10.1 Å². The van der Waals surface area contributed by atoms with E-state index in [1.807, 2.05) is 0 Å². The lowest BCUT2D eigenvalue weighted by Gasteiger charge is -2.28. The Morgan fingerprint density at radius 2 is 2.31 bits per heavy atom. The first kappa shape index (κ1) is 19.4. The van der Waals surface area contributed by atoms with Gasteiger partial charge in [-0.05, 0) is 36.8 Å². The number of benzene rings is 1. The molecule has 0 unspecified atom stereocenters. The number of hydrogen-bond donors (Lipinski definition) is 3. The summed E-state index contributed by atoms with van der Waals surface area (Å²) in [5.74, 6) is -0.0486. The summed E-state index contributed by atoms with van der Waals surface area (Å²) in [5, 5.41) is 3.08. The number of alkyl halides is 1. The number of nitrogens with two attached hydrogens (primary N) is 1. The molecule has 1 aliphatic carbocycles. The number of hydroxylamine groups is 1. The normalized spacial score (nSPS) is 25.1. The molecule has 4 rings (SSSR count). The number of anilines is 1. The van der Waals surface area contributed by atoms with Crippen LogP contribution < -0.4 is 21.3 Å². The maximum Gasteiger partial charge on any atom is 0.303 e. The Hall–Kier alpha value is -2.91. The van der Waals surface area contributed by atoms with E-state index in [2.05, 4.69) is 20.8 Å². The van der Waals surface area contributed by atoms with Gasteiger partial charge in [-0.2, -0.15) is 0 Å². The van der Waals surface area contributed by atoms with Crippen molar-refractivity contribution >= 4 is 29.2 Å². The number of halogens is 2. The molecule has 0 radical (unpaired) electrons. The number of carbonyl (C=O) groups excluding carboxylic acids is 1. The maximum absolute atomic E-state index is 14.3. The molecule has 29 heavy (non-hydrogen) atoms. The van der Waals surface area contributed by atoms with Gasteiger partial charge in [-0.1, -0.05) is 11.6 Å². The molecule has 1 fully saturated rings. The van der Waals surface area contributed by atoms with E-state index in [0.717, 1.165) is 0 Å². The average molecular weight is 420 g/mol. The van der Waals surface area contributed by atoms with E-state index in [1.54, 1.807) is 30.3 Å². The summed E-state index contributed by atoms with van der Waals surface area (Å²) >= 11 is 6.39. The molecule has 0 spiro atoms. The van der Waals surface area contributed by atoms with E-state index in [0.29, 0.717) is 28.4 Å². The fraction of sp³-hybridized carbons (Fsp3) is 0.316. The number of pyridine rings is 1. The molecule has 1 aromatic heterocycles. The van der Waals surface area contributed by atoms with E-state index in [1.165, 1.54) is 13.3 Å². The molecule has 1 saturated carbocycles. The fourth-order valence-corrected chi connectivity index (χ4v) is 3.80. The summed E-state index contributed by atoms with van der Waals surface area (Å²) in [7, 11) is 1.51. The predicted octanol–water partition coefficient (Wildman–Crippen LogP) is 2.40. The molecule has 10 heteroatoms. The Morgan fingerprint density at radius 3 is 3.00 bits per heavy atom. The lowest BCUT2D eigenvalue weighted by molar-refractivity contribution is 0.102. The van der Waals surface area contributed by atoms with Crippen LogP contribution in [0, 0.1) is 5.92 Å². The number of ether oxygens (including phenoxy) is 1. The number of hydrogen-bond acceptors (Lipinski definition) is 7. The third-order valence-corrected chi connectivity index (χ3v) is 5.46. The summed E-state index contributed by atoms with van der Waals surface area (Å²) in [6.07, 6.45) is 2.12. The van der Waals surface area contributed by atoms with Crippen molar-refractivity contribution in [3.05, 3.63) is 52.8 Å². The van der Waals surface area contributed by atoms with Gasteiger partial charge in [-0.25, -0.2) is 14.4 Å². The van der Waals surface area contributed by atoms with Crippen molar-refractivity contribution in [2.45, 2.75) is 18.0 Å². The molecule has 0 bridgehead atoms. The van der Waals surface area contributed by atoms with E-state index in [9.17, 15) is 9.18 Å². The van der Waals surface area contributed by atoms with Gasteiger partial charge in [0, 0.05) is 28.2 Å². The highest BCUT2D eigenvalue weighted by Gasteiger charge is 2.57. The van der Waals surface area contributed by atoms with Gasteiger partial charge in [-0.15, -0.1) is 5.48 Å². The van der Waals surface area contributed by atoms with Gasteiger partial charge in [0.2, 0.25) is 0 Å². The number of methoxy groups -OCH3 is 1. The molecular weight excluding hydrogens is 401 g/mol. The zero-order chi connectivity index (χ0) is 20.6. The minimum atomic E-state index is -1.28. The number of aliphatic imine (C=N–C) groups is 1. The minimum Gasteiger partial charge on any atom is -0.495 e. The second kappa shape index (κ2) is 7.49. The first-order valence-electron chi connectivity index (χ1n) is 8.92. The van der Waals surface area contributed by atoms with Crippen LogP contribution in [0.2, 0.25) is 5.02 Å². The SMILES string of the molecule is COc1ccc(C(=O)Nc2ccc(Cl)c([C@@]3(CF)N=C(N)ON[C@@H]4C[C@@H]43)c2)nc1. The molecule has 2 aliphatic rings. The second-order valence-corrected chi connectivity index (χ2v) is 7.32. The second-order valence-electron chi connectivity index (χ2n) is 6.91. The van der Waals surface area contributed by atoms with Crippen molar-refractivity contribution in [2.75, 3.05) is 19.1 Å². The van der Waals surface area contributed by atoms with Gasteiger partial charge in [0.15, 0.2) is 0 Å². The molecule has 2 heterocycles. The number of nitrogens with one attached hydrogen (secondary N) is 2. The molecule has 0 saturated heterocycles. The lowest BCUT2D eigenvalue weighted by atomic mass is 9.86. The van der Waals surface area contributed by atoms with Crippen LogP contribution in [-0.4, -0.2) is 36.7 Å². The smallest absolute Gasteiger partial charge is 0.303 e. The molecule has 1 aromatic carbocycles. The van der Waals surface area contributed by atoms with Crippen LogP contribution in [-0.2, 0) is 10.4 Å². The van der Waals surface area contributed by atoms with Gasteiger partial charge in [-0.3, -0.25) is 4.79 Å². The Kier molecular flexibility index (Phi) is 5.01. The average Bonchev–Trinajstić information content (AvgIpc) is 3.53. The van der Waals surface area contributed by atoms with E-state index in [4.69, 9.17) is 26.9 Å². The van der Waals surface area contributed by atoms with Crippen LogP contribution in [0.1, 0.15) is 22.5 Å². The van der Waals surface area contributed by atoms with Crippen molar-refractivity contribution in [3.63, 3.8) is 0 Å².